The van der Waals surface area contributed by atoms with Gasteiger partial charge < -0.3 is 10.6 Å². The topological polar surface area (TPSA) is 41.1 Å². The second-order valence-corrected chi connectivity index (χ2v) is 6.22. The molecule has 2 aliphatic rings. The minimum Gasteiger partial charge on any atom is -0.338 e. The molecule has 1 aromatic rings. The van der Waals surface area contributed by atoms with Crippen molar-refractivity contribution in [3.63, 3.8) is 0 Å². The van der Waals surface area contributed by atoms with E-state index in [1.54, 1.807) is 12.1 Å². The third-order valence-electron chi connectivity index (χ3n) is 4.49. The van der Waals surface area contributed by atoms with E-state index in [-0.39, 0.29) is 6.03 Å². The van der Waals surface area contributed by atoms with Crippen molar-refractivity contribution in [1.29, 1.82) is 0 Å². The molecule has 0 aliphatic heterocycles. The number of nitrogens with one attached hydrogen (secondary N) is 2. The molecular formula is C15H19ClN2O. The van der Waals surface area contributed by atoms with Gasteiger partial charge in [-0.05, 0) is 55.2 Å². The number of amides is 2. The van der Waals surface area contributed by atoms with Crippen LogP contribution in [0.25, 0.3) is 0 Å². The highest BCUT2D eigenvalue weighted by Crippen LogP contribution is 2.47. The van der Waals surface area contributed by atoms with Gasteiger partial charge in [0.15, 0.2) is 0 Å². The minimum absolute atomic E-state index is 0.134. The highest BCUT2D eigenvalue weighted by molar-refractivity contribution is 6.30. The zero-order chi connectivity index (χ0) is 13.2. The summed E-state index contributed by atoms with van der Waals surface area (Å²) in [6.07, 6.45) is 5.42. The third-order valence-corrected chi connectivity index (χ3v) is 4.73. The van der Waals surface area contributed by atoms with Gasteiger partial charge in [-0.2, -0.15) is 0 Å². The molecule has 0 aromatic heterocycles. The standard InChI is InChI=1S/C15H19ClN2O/c16-13-2-1-3-14(8-13)18-15(19)17-9-12-7-10-4-5-11(12)6-10/h1-3,8,10-12H,4-7,9H2,(H2,17,18,19)/t10-,11+,12-/m0/s1. The van der Waals surface area contributed by atoms with Gasteiger partial charge in [0.25, 0.3) is 0 Å². The Morgan fingerprint density at radius 2 is 2.21 bits per heavy atom. The molecule has 3 rings (SSSR count). The summed E-state index contributed by atoms with van der Waals surface area (Å²) < 4.78 is 0. The summed E-state index contributed by atoms with van der Waals surface area (Å²) in [4.78, 5) is 11.8. The van der Waals surface area contributed by atoms with E-state index in [0.717, 1.165) is 24.1 Å². The van der Waals surface area contributed by atoms with Gasteiger partial charge in [0.2, 0.25) is 0 Å². The summed E-state index contributed by atoms with van der Waals surface area (Å²) in [5.74, 6) is 2.45. The zero-order valence-electron chi connectivity index (χ0n) is 10.9. The molecule has 0 heterocycles. The van der Waals surface area contributed by atoms with Crippen LogP contribution in [0.5, 0.6) is 0 Å². The molecule has 3 nitrogen and oxygen atoms in total. The summed E-state index contributed by atoms with van der Waals surface area (Å²) >= 11 is 5.88. The van der Waals surface area contributed by atoms with Crippen LogP contribution in [0.2, 0.25) is 5.02 Å². The van der Waals surface area contributed by atoms with E-state index in [0.29, 0.717) is 10.9 Å². The lowest BCUT2D eigenvalue weighted by Crippen LogP contribution is -2.34. The maximum absolute atomic E-state index is 11.8. The highest BCUT2D eigenvalue weighted by atomic mass is 35.5. The Labute approximate surface area is 118 Å². The molecule has 102 valence electrons. The number of rotatable bonds is 3. The van der Waals surface area contributed by atoms with Gasteiger partial charge in [-0.15, -0.1) is 0 Å². The average molecular weight is 279 g/mol. The Balaban J connectivity index is 1.47. The van der Waals surface area contributed by atoms with E-state index in [2.05, 4.69) is 10.6 Å². The van der Waals surface area contributed by atoms with Gasteiger partial charge in [-0.25, -0.2) is 4.79 Å². The number of hydrogen-bond donors (Lipinski definition) is 2. The molecule has 0 spiro atoms. The molecule has 2 bridgehead atoms. The van der Waals surface area contributed by atoms with Crippen LogP contribution >= 0.6 is 11.6 Å². The molecule has 2 N–H and O–H groups in total. The van der Waals surface area contributed by atoms with E-state index in [1.165, 1.54) is 25.7 Å². The van der Waals surface area contributed by atoms with Crippen molar-refractivity contribution in [1.82, 2.24) is 5.32 Å². The van der Waals surface area contributed by atoms with E-state index in [4.69, 9.17) is 11.6 Å². The smallest absolute Gasteiger partial charge is 0.319 e. The number of fused-ring (bicyclic) bond motifs is 2. The first-order valence-corrected chi connectivity index (χ1v) is 7.39. The Hall–Kier alpha value is -1.22. The third kappa shape index (κ3) is 3.03. The van der Waals surface area contributed by atoms with Crippen LogP contribution in [-0.2, 0) is 0 Å². The number of carbonyl (C=O) groups excluding carboxylic acids is 1. The van der Waals surface area contributed by atoms with Gasteiger partial charge in [0.05, 0.1) is 0 Å². The molecule has 2 aliphatic carbocycles. The second kappa shape index (κ2) is 5.41. The molecule has 2 amide bonds. The van der Waals surface area contributed by atoms with Crippen molar-refractivity contribution in [3.8, 4) is 0 Å². The van der Waals surface area contributed by atoms with Gasteiger partial charge >= 0.3 is 6.03 Å². The van der Waals surface area contributed by atoms with E-state index in [1.807, 2.05) is 12.1 Å². The largest absolute Gasteiger partial charge is 0.338 e. The van der Waals surface area contributed by atoms with Crippen LogP contribution in [0.4, 0.5) is 10.5 Å². The SMILES string of the molecule is O=C(NC[C@@H]1C[C@H]2CC[C@@H]1C2)Nc1cccc(Cl)c1. The minimum atomic E-state index is -0.134. The fourth-order valence-electron chi connectivity index (χ4n) is 3.59. The quantitative estimate of drug-likeness (QED) is 0.865. The number of hydrogen-bond acceptors (Lipinski definition) is 1. The summed E-state index contributed by atoms with van der Waals surface area (Å²) in [6, 6.07) is 7.07. The van der Waals surface area contributed by atoms with Gasteiger partial charge in [-0.3, -0.25) is 0 Å². The fraction of sp³-hybridized carbons (Fsp3) is 0.533. The number of anilines is 1. The van der Waals surface area contributed by atoms with Crippen LogP contribution in [0, 0.1) is 17.8 Å². The first-order valence-electron chi connectivity index (χ1n) is 7.01. The first kappa shape index (κ1) is 12.8. The Kier molecular flexibility index (Phi) is 3.65. The van der Waals surface area contributed by atoms with Crippen LogP contribution < -0.4 is 10.6 Å². The van der Waals surface area contributed by atoms with Crippen molar-refractivity contribution in [2.75, 3.05) is 11.9 Å². The van der Waals surface area contributed by atoms with Crippen LogP contribution in [-0.4, -0.2) is 12.6 Å². The van der Waals surface area contributed by atoms with Crippen molar-refractivity contribution >= 4 is 23.3 Å². The van der Waals surface area contributed by atoms with E-state index >= 15 is 0 Å². The lowest BCUT2D eigenvalue weighted by atomic mass is 9.89. The molecule has 3 atom stereocenters. The monoisotopic (exact) mass is 278 g/mol. The maximum Gasteiger partial charge on any atom is 0.319 e. The summed E-state index contributed by atoms with van der Waals surface area (Å²) in [7, 11) is 0. The van der Waals surface area contributed by atoms with Crippen molar-refractivity contribution in [3.05, 3.63) is 29.3 Å². The normalized spacial score (nSPS) is 28.4. The molecule has 4 heteroatoms. The first-order chi connectivity index (χ1) is 9.20. The van der Waals surface area contributed by atoms with Crippen molar-refractivity contribution < 1.29 is 4.79 Å². The summed E-state index contributed by atoms with van der Waals surface area (Å²) in [5.41, 5.74) is 0.734. The van der Waals surface area contributed by atoms with E-state index in [9.17, 15) is 4.79 Å². The maximum atomic E-state index is 11.8. The average Bonchev–Trinajstić information content (AvgIpc) is 2.98. The molecular weight excluding hydrogens is 260 g/mol. The number of urea groups is 1. The number of carbonyl (C=O) groups is 1. The molecule has 19 heavy (non-hydrogen) atoms. The van der Waals surface area contributed by atoms with Crippen LogP contribution in [0.15, 0.2) is 24.3 Å². The van der Waals surface area contributed by atoms with E-state index < -0.39 is 0 Å². The zero-order valence-corrected chi connectivity index (χ0v) is 11.6. The highest BCUT2D eigenvalue weighted by Gasteiger charge is 2.39. The van der Waals surface area contributed by atoms with Gasteiger partial charge in [0, 0.05) is 17.3 Å². The molecule has 2 fully saturated rings. The number of benzene rings is 1. The number of halogens is 1. The van der Waals surface area contributed by atoms with Gasteiger partial charge in [0.1, 0.15) is 0 Å². The molecule has 0 unspecified atom stereocenters. The Morgan fingerprint density at radius 3 is 2.89 bits per heavy atom. The van der Waals surface area contributed by atoms with Crippen molar-refractivity contribution in [2.24, 2.45) is 17.8 Å². The Bertz CT molecular complexity index is 477. The summed E-state index contributed by atoms with van der Waals surface area (Å²) in [6.45, 7) is 0.799. The predicted octanol–water partition coefficient (Wildman–Crippen LogP) is 3.90. The lowest BCUT2D eigenvalue weighted by molar-refractivity contribution is 0.245. The molecule has 2 saturated carbocycles. The van der Waals surface area contributed by atoms with Crippen LogP contribution in [0.1, 0.15) is 25.7 Å². The van der Waals surface area contributed by atoms with Gasteiger partial charge in [-0.1, -0.05) is 24.1 Å². The fourth-order valence-corrected chi connectivity index (χ4v) is 3.78. The molecule has 1 aromatic carbocycles. The lowest BCUT2D eigenvalue weighted by Gasteiger charge is -2.21. The molecule has 0 radical (unpaired) electrons. The van der Waals surface area contributed by atoms with Crippen molar-refractivity contribution in [2.45, 2.75) is 25.7 Å². The second-order valence-electron chi connectivity index (χ2n) is 5.78. The Morgan fingerprint density at radius 1 is 1.32 bits per heavy atom. The van der Waals surface area contributed by atoms with Crippen LogP contribution in [0.3, 0.4) is 0 Å². The summed E-state index contributed by atoms with van der Waals surface area (Å²) in [5, 5.41) is 6.43. The predicted molar refractivity (Wildman–Crippen MR) is 77.4 cm³/mol. The molecule has 0 saturated heterocycles.